The zero-order valence-corrected chi connectivity index (χ0v) is 12.7. The predicted octanol–water partition coefficient (Wildman–Crippen LogP) is 1.69. The fourth-order valence-corrected chi connectivity index (χ4v) is 2.94. The minimum Gasteiger partial charge on any atom is -0.377 e. The highest BCUT2D eigenvalue weighted by atomic mass is 16.5. The third kappa shape index (κ3) is 3.48. The molecule has 0 aromatic rings. The molecular weight excluding hydrogens is 240 g/mol. The number of hydrogen-bond acceptors (Lipinski definition) is 3. The Kier molecular flexibility index (Phi) is 4.51. The monoisotopic (exact) mass is 268 g/mol. The molecule has 1 aliphatic carbocycles. The lowest BCUT2D eigenvalue weighted by Gasteiger charge is -2.52. The van der Waals surface area contributed by atoms with Crippen molar-refractivity contribution >= 4 is 5.91 Å². The summed E-state index contributed by atoms with van der Waals surface area (Å²) in [5.74, 6) is 0.786. The molecule has 2 N–H and O–H groups in total. The highest BCUT2D eigenvalue weighted by Crippen LogP contribution is 2.42. The van der Waals surface area contributed by atoms with E-state index < -0.39 is 0 Å². The Balaban J connectivity index is 1.70. The molecule has 4 heteroatoms. The van der Waals surface area contributed by atoms with Crippen LogP contribution in [0.1, 0.15) is 47.0 Å². The van der Waals surface area contributed by atoms with Gasteiger partial charge in [-0.05, 0) is 18.8 Å². The normalized spacial score (nSPS) is 33.3. The molecular formula is C15H28N2O2. The molecule has 110 valence electrons. The first-order valence-electron chi connectivity index (χ1n) is 7.54. The van der Waals surface area contributed by atoms with Gasteiger partial charge in [0.2, 0.25) is 5.91 Å². The molecule has 1 aliphatic heterocycles. The van der Waals surface area contributed by atoms with Crippen molar-refractivity contribution in [3.8, 4) is 0 Å². The Morgan fingerprint density at radius 1 is 1.47 bits per heavy atom. The number of ether oxygens (including phenoxy) is 1. The second-order valence-electron chi connectivity index (χ2n) is 7.04. The number of carbonyl (C=O) groups is 1. The first-order valence-corrected chi connectivity index (χ1v) is 7.54. The van der Waals surface area contributed by atoms with Gasteiger partial charge < -0.3 is 15.4 Å². The van der Waals surface area contributed by atoms with Crippen molar-refractivity contribution in [3.63, 3.8) is 0 Å². The molecule has 0 bridgehead atoms. The number of carbonyl (C=O) groups excluding carboxylic acids is 1. The molecule has 2 aliphatic rings. The van der Waals surface area contributed by atoms with Gasteiger partial charge in [0.25, 0.3) is 0 Å². The summed E-state index contributed by atoms with van der Waals surface area (Å²) in [5.41, 5.74) is 0.192. The van der Waals surface area contributed by atoms with Crippen molar-refractivity contribution < 1.29 is 9.53 Å². The molecule has 2 rings (SSSR count). The van der Waals surface area contributed by atoms with Gasteiger partial charge in [-0.3, -0.25) is 4.79 Å². The van der Waals surface area contributed by atoms with E-state index >= 15 is 0 Å². The third-order valence-electron chi connectivity index (χ3n) is 4.50. The molecule has 1 saturated carbocycles. The molecule has 0 aromatic carbocycles. The quantitative estimate of drug-likeness (QED) is 0.771. The topological polar surface area (TPSA) is 50.4 Å². The molecule has 3 atom stereocenters. The predicted molar refractivity (Wildman–Crippen MR) is 75.9 cm³/mol. The van der Waals surface area contributed by atoms with Crippen molar-refractivity contribution in [2.75, 3.05) is 13.2 Å². The summed E-state index contributed by atoms with van der Waals surface area (Å²) in [6, 6.07) is 0.820. The number of rotatable bonds is 6. The Morgan fingerprint density at radius 2 is 2.21 bits per heavy atom. The minimum atomic E-state index is 0.192. The lowest BCUT2D eigenvalue weighted by Crippen LogP contribution is -2.62. The molecule has 1 amide bonds. The van der Waals surface area contributed by atoms with E-state index in [2.05, 4.69) is 38.3 Å². The third-order valence-corrected chi connectivity index (χ3v) is 4.50. The maximum absolute atomic E-state index is 11.2. The lowest BCUT2D eigenvalue weighted by atomic mass is 9.64. The van der Waals surface area contributed by atoms with Gasteiger partial charge in [-0.1, -0.05) is 27.7 Å². The van der Waals surface area contributed by atoms with Crippen LogP contribution in [0.3, 0.4) is 0 Å². The van der Waals surface area contributed by atoms with Crippen LogP contribution in [0.5, 0.6) is 0 Å². The molecule has 1 heterocycles. The van der Waals surface area contributed by atoms with Gasteiger partial charge in [-0.25, -0.2) is 0 Å². The van der Waals surface area contributed by atoms with Gasteiger partial charge in [-0.15, -0.1) is 0 Å². The lowest BCUT2D eigenvalue weighted by molar-refractivity contribution is -0.124. The summed E-state index contributed by atoms with van der Waals surface area (Å²) >= 11 is 0. The Bertz CT molecular complexity index is 328. The highest BCUT2D eigenvalue weighted by Gasteiger charge is 2.48. The van der Waals surface area contributed by atoms with E-state index in [0.717, 1.165) is 26.0 Å². The first-order chi connectivity index (χ1) is 8.89. The van der Waals surface area contributed by atoms with Crippen LogP contribution in [-0.4, -0.2) is 37.2 Å². The van der Waals surface area contributed by atoms with Crippen molar-refractivity contribution in [2.24, 2.45) is 11.3 Å². The van der Waals surface area contributed by atoms with Gasteiger partial charge in [0.05, 0.1) is 6.10 Å². The summed E-state index contributed by atoms with van der Waals surface area (Å²) in [4.78, 5) is 11.2. The molecule has 3 unspecified atom stereocenters. The zero-order chi connectivity index (χ0) is 14.0. The number of hydrogen-bond donors (Lipinski definition) is 2. The Hall–Kier alpha value is -0.610. The van der Waals surface area contributed by atoms with Crippen molar-refractivity contribution in [1.82, 2.24) is 10.6 Å². The van der Waals surface area contributed by atoms with Crippen LogP contribution in [0, 0.1) is 11.3 Å². The summed E-state index contributed by atoms with van der Waals surface area (Å²) in [6.07, 6.45) is 3.10. The average molecular weight is 268 g/mol. The van der Waals surface area contributed by atoms with E-state index in [1.54, 1.807) is 0 Å². The highest BCUT2D eigenvalue weighted by molar-refractivity contribution is 5.78. The van der Waals surface area contributed by atoms with Crippen molar-refractivity contribution in [2.45, 2.75) is 65.1 Å². The van der Waals surface area contributed by atoms with Gasteiger partial charge in [0.15, 0.2) is 0 Å². The maximum atomic E-state index is 11.2. The second-order valence-corrected chi connectivity index (χ2v) is 7.04. The molecule has 2 fully saturated rings. The minimum absolute atomic E-state index is 0.192. The van der Waals surface area contributed by atoms with Crippen LogP contribution in [0.15, 0.2) is 0 Å². The van der Waals surface area contributed by atoms with E-state index in [1.807, 2.05) is 0 Å². The van der Waals surface area contributed by atoms with Crippen LogP contribution >= 0.6 is 0 Å². The fraction of sp³-hybridized carbons (Fsp3) is 0.933. The van der Waals surface area contributed by atoms with E-state index in [9.17, 15) is 4.79 Å². The SMILES string of the molecule is CC(C)COC1CC(NCC2CCC(=O)N2)C1(C)C. The number of amides is 1. The smallest absolute Gasteiger partial charge is 0.220 e. The summed E-state index contributed by atoms with van der Waals surface area (Å²) in [6.45, 7) is 10.6. The van der Waals surface area contributed by atoms with E-state index in [0.29, 0.717) is 30.5 Å². The Labute approximate surface area is 116 Å². The largest absolute Gasteiger partial charge is 0.377 e. The van der Waals surface area contributed by atoms with Gasteiger partial charge in [-0.2, -0.15) is 0 Å². The van der Waals surface area contributed by atoms with Gasteiger partial charge in [0, 0.05) is 37.1 Å². The molecule has 0 aromatic heterocycles. The molecule has 0 spiro atoms. The van der Waals surface area contributed by atoms with Crippen LogP contribution in [0.2, 0.25) is 0 Å². The maximum Gasteiger partial charge on any atom is 0.220 e. The summed E-state index contributed by atoms with van der Waals surface area (Å²) in [7, 11) is 0. The van der Waals surface area contributed by atoms with Crippen molar-refractivity contribution in [1.29, 1.82) is 0 Å². The van der Waals surface area contributed by atoms with E-state index in [1.165, 1.54) is 0 Å². The fourth-order valence-electron chi connectivity index (χ4n) is 2.94. The molecule has 1 saturated heterocycles. The summed E-state index contributed by atoms with van der Waals surface area (Å²) < 4.78 is 5.96. The number of nitrogens with one attached hydrogen (secondary N) is 2. The standard InChI is InChI=1S/C15H28N2O2/c1-10(2)9-19-13-7-12(15(13,3)4)16-8-11-5-6-14(18)17-11/h10-13,16H,5-9H2,1-4H3,(H,17,18). The van der Waals surface area contributed by atoms with Gasteiger partial charge >= 0.3 is 0 Å². The summed E-state index contributed by atoms with van der Waals surface area (Å²) in [5, 5.41) is 6.60. The second kappa shape index (κ2) is 5.80. The van der Waals surface area contributed by atoms with Crippen LogP contribution in [-0.2, 0) is 9.53 Å². The zero-order valence-electron chi connectivity index (χ0n) is 12.7. The van der Waals surface area contributed by atoms with Crippen molar-refractivity contribution in [3.05, 3.63) is 0 Å². The van der Waals surface area contributed by atoms with Crippen LogP contribution in [0.25, 0.3) is 0 Å². The molecule has 19 heavy (non-hydrogen) atoms. The first kappa shape index (κ1) is 14.8. The van der Waals surface area contributed by atoms with Gasteiger partial charge in [0.1, 0.15) is 0 Å². The molecule has 4 nitrogen and oxygen atoms in total. The van der Waals surface area contributed by atoms with Crippen LogP contribution in [0.4, 0.5) is 0 Å². The molecule has 0 radical (unpaired) electrons. The van der Waals surface area contributed by atoms with Crippen LogP contribution < -0.4 is 10.6 Å². The Morgan fingerprint density at radius 3 is 2.74 bits per heavy atom. The van der Waals surface area contributed by atoms with E-state index in [-0.39, 0.29) is 11.3 Å². The average Bonchev–Trinajstić information content (AvgIpc) is 2.72. The van der Waals surface area contributed by atoms with E-state index in [4.69, 9.17) is 4.74 Å².